The predicted octanol–water partition coefficient (Wildman–Crippen LogP) is 1.49. The molecular formula is C15H19NO6S. The van der Waals surface area contributed by atoms with Crippen molar-refractivity contribution in [3.63, 3.8) is 0 Å². The van der Waals surface area contributed by atoms with Gasteiger partial charge in [-0.3, -0.25) is 4.79 Å². The molecule has 0 amide bonds. The van der Waals surface area contributed by atoms with E-state index in [0.717, 1.165) is 4.31 Å². The summed E-state index contributed by atoms with van der Waals surface area (Å²) in [5.74, 6) is -1.67. The Hall–Kier alpha value is -1.93. The molecule has 1 aliphatic heterocycles. The molecule has 1 atom stereocenters. The molecule has 1 heterocycles. The fraction of sp³-hybridized carbons (Fsp3) is 0.467. The predicted molar refractivity (Wildman–Crippen MR) is 81.6 cm³/mol. The van der Waals surface area contributed by atoms with Crippen LogP contribution in [0.3, 0.4) is 0 Å². The first-order valence-corrected chi connectivity index (χ1v) is 8.83. The number of benzene rings is 1. The van der Waals surface area contributed by atoms with E-state index in [-0.39, 0.29) is 23.6 Å². The summed E-state index contributed by atoms with van der Waals surface area (Å²) in [6.07, 6.45) is 1.62. The summed E-state index contributed by atoms with van der Waals surface area (Å²) in [5, 5.41) is 9.23. The molecule has 0 saturated carbocycles. The lowest BCUT2D eigenvalue weighted by Crippen LogP contribution is -2.47. The number of carbonyl (C=O) groups excluding carboxylic acids is 1. The van der Waals surface area contributed by atoms with Crippen molar-refractivity contribution in [1.82, 2.24) is 4.31 Å². The molecule has 0 radical (unpaired) electrons. The Kier molecular flexibility index (Phi) is 5.38. The Bertz CT molecular complexity index is 682. The molecule has 0 spiro atoms. The number of carbonyl (C=O) groups is 2. The van der Waals surface area contributed by atoms with Crippen molar-refractivity contribution in [3.05, 3.63) is 29.8 Å². The normalized spacial score (nSPS) is 19.3. The quantitative estimate of drug-likeness (QED) is 0.814. The van der Waals surface area contributed by atoms with Crippen LogP contribution in [0, 0.1) is 0 Å². The maximum Gasteiger partial charge on any atom is 0.338 e. The number of nitrogens with zero attached hydrogens (tertiary/aromatic N) is 1. The second kappa shape index (κ2) is 7.10. The minimum atomic E-state index is -3.91. The fourth-order valence-corrected chi connectivity index (χ4v) is 4.20. The van der Waals surface area contributed by atoms with Crippen LogP contribution in [-0.2, 0) is 19.6 Å². The maximum absolute atomic E-state index is 12.7. The van der Waals surface area contributed by atoms with Gasteiger partial charge in [0.2, 0.25) is 10.0 Å². The molecule has 1 aromatic carbocycles. The van der Waals surface area contributed by atoms with Gasteiger partial charge in [-0.1, -0.05) is 0 Å². The topological polar surface area (TPSA) is 101 Å². The molecule has 1 N–H and O–H groups in total. The molecule has 1 unspecified atom stereocenters. The van der Waals surface area contributed by atoms with Gasteiger partial charge in [0.05, 0.1) is 17.1 Å². The standard InChI is InChI=1S/C15H19NO6S/c1-2-22-15(19)11-6-8-12(9-7-11)23(20,21)16-10-4-3-5-13(16)14(17)18/h6-9,13H,2-5,10H2,1H3,(H,17,18). The Labute approximate surface area is 134 Å². The number of hydrogen-bond acceptors (Lipinski definition) is 5. The Morgan fingerprint density at radius 3 is 2.48 bits per heavy atom. The number of sulfonamides is 1. The summed E-state index contributed by atoms with van der Waals surface area (Å²) in [4.78, 5) is 22.9. The lowest BCUT2D eigenvalue weighted by atomic mass is 10.1. The number of hydrogen-bond donors (Lipinski definition) is 1. The first-order valence-electron chi connectivity index (χ1n) is 7.39. The van der Waals surface area contributed by atoms with Gasteiger partial charge in [-0.2, -0.15) is 4.31 Å². The number of ether oxygens (including phenoxy) is 1. The molecule has 1 aromatic rings. The van der Waals surface area contributed by atoms with E-state index in [2.05, 4.69) is 0 Å². The van der Waals surface area contributed by atoms with E-state index in [4.69, 9.17) is 4.74 Å². The summed E-state index contributed by atoms with van der Waals surface area (Å²) in [5.41, 5.74) is 0.249. The third kappa shape index (κ3) is 3.70. The second-order valence-electron chi connectivity index (χ2n) is 5.21. The van der Waals surface area contributed by atoms with Gasteiger partial charge in [0, 0.05) is 6.54 Å². The van der Waals surface area contributed by atoms with Gasteiger partial charge < -0.3 is 9.84 Å². The average Bonchev–Trinajstić information content (AvgIpc) is 2.55. The van der Waals surface area contributed by atoms with Crippen molar-refractivity contribution in [3.8, 4) is 0 Å². The summed E-state index contributed by atoms with van der Waals surface area (Å²) in [7, 11) is -3.91. The lowest BCUT2D eigenvalue weighted by Gasteiger charge is -2.31. The molecule has 7 nitrogen and oxygen atoms in total. The smallest absolute Gasteiger partial charge is 0.338 e. The van der Waals surface area contributed by atoms with E-state index in [1.54, 1.807) is 6.92 Å². The number of aliphatic carboxylic acids is 1. The van der Waals surface area contributed by atoms with E-state index in [1.807, 2.05) is 0 Å². The SMILES string of the molecule is CCOC(=O)c1ccc(S(=O)(=O)N2CCCCC2C(=O)O)cc1. The number of rotatable bonds is 5. The third-order valence-corrected chi connectivity index (χ3v) is 5.63. The van der Waals surface area contributed by atoms with E-state index in [9.17, 15) is 23.1 Å². The van der Waals surface area contributed by atoms with Gasteiger partial charge in [-0.25, -0.2) is 13.2 Å². The molecule has 0 aliphatic carbocycles. The molecule has 8 heteroatoms. The monoisotopic (exact) mass is 341 g/mol. The third-order valence-electron chi connectivity index (χ3n) is 3.71. The molecule has 1 saturated heterocycles. The summed E-state index contributed by atoms with van der Waals surface area (Å²) in [6.45, 7) is 2.09. The number of carboxylic acid groups (broad SMARTS) is 1. The van der Waals surface area contributed by atoms with Crippen LogP contribution in [0.4, 0.5) is 0 Å². The lowest BCUT2D eigenvalue weighted by molar-refractivity contribution is -0.142. The zero-order valence-corrected chi connectivity index (χ0v) is 13.6. The highest BCUT2D eigenvalue weighted by Gasteiger charge is 2.37. The fourth-order valence-electron chi connectivity index (χ4n) is 2.55. The highest BCUT2D eigenvalue weighted by Crippen LogP contribution is 2.25. The molecule has 2 rings (SSSR count). The molecule has 126 valence electrons. The van der Waals surface area contributed by atoms with E-state index in [0.29, 0.717) is 19.3 Å². The van der Waals surface area contributed by atoms with E-state index >= 15 is 0 Å². The Morgan fingerprint density at radius 2 is 1.91 bits per heavy atom. The van der Waals surface area contributed by atoms with Crippen molar-refractivity contribution in [2.45, 2.75) is 37.1 Å². The molecule has 1 fully saturated rings. The molecule has 0 aromatic heterocycles. The highest BCUT2D eigenvalue weighted by atomic mass is 32.2. The first-order chi connectivity index (χ1) is 10.9. The Balaban J connectivity index is 2.28. The average molecular weight is 341 g/mol. The zero-order valence-electron chi connectivity index (χ0n) is 12.8. The highest BCUT2D eigenvalue weighted by molar-refractivity contribution is 7.89. The van der Waals surface area contributed by atoms with Crippen LogP contribution in [0.2, 0.25) is 0 Å². The van der Waals surface area contributed by atoms with Crippen LogP contribution in [-0.4, -0.2) is 49.0 Å². The molecule has 0 bridgehead atoms. The van der Waals surface area contributed by atoms with Crippen LogP contribution in [0.15, 0.2) is 29.2 Å². The van der Waals surface area contributed by atoms with Gasteiger partial charge in [0.25, 0.3) is 0 Å². The van der Waals surface area contributed by atoms with Crippen molar-refractivity contribution in [1.29, 1.82) is 0 Å². The van der Waals surface area contributed by atoms with Gasteiger partial charge >= 0.3 is 11.9 Å². The van der Waals surface area contributed by atoms with Gasteiger partial charge in [0.1, 0.15) is 6.04 Å². The second-order valence-corrected chi connectivity index (χ2v) is 7.10. The number of piperidine rings is 1. The minimum absolute atomic E-state index is 0.0290. The van der Waals surface area contributed by atoms with E-state index in [1.165, 1.54) is 24.3 Å². The molecular weight excluding hydrogens is 322 g/mol. The largest absolute Gasteiger partial charge is 0.480 e. The summed E-state index contributed by atoms with van der Waals surface area (Å²) >= 11 is 0. The van der Waals surface area contributed by atoms with E-state index < -0.39 is 28.0 Å². The van der Waals surface area contributed by atoms with Crippen molar-refractivity contribution < 1.29 is 27.9 Å². The van der Waals surface area contributed by atoms with Gasteiger partial charge in [-0.15, -0.1) is 0 Å². The Morgan fingerprint density at radius 1 is 1.26 bits per heavy atom. The molecule has 1 aliphatic rings. The van der Waals surface area contributed by atoms with Crippen LogP contribution in [0.25, 0.3) is 0 Å². The van der Waals surface area contributed by atoms with Crippen molar-refractivity contribution >= 4 is 22.0 Å². The van der Waals surface area contributed by atoms with Crippen LogP contribution in [0.1, 0.15) is 36.5 Å². The van der Waals surface area contributed by atoms with Crippen LogP contribution >= 0.6 is 0 Å². The number of carboxylic acids is 1. The van der Waals surface area contributed by atoms with Crippen LogP contribution in [0.5, 0.6) is 0 Å². The van der Waals surface area contributed by atoms with Crippen LogP contribution < -0.4 is 0 Å². The van der Waals surface area contributed by atoms with Crippen molar-refractivity contribution in [2.24, 2.45) is 0 Å². The minimum Gasteiger partial charge on any atom is -0.480 e. The van der Waals surface area contributed by atoms with Crippen molar-refractivity contribution in [2.75, 3.05) is 13.2 Å². The first kappa shape index (κ1) is 17.4. The van der Waals surface area contributed by atoms with Gasteiger partial charge in [0.15, 0.2) is 0 Å². The zero-order chi connectivity index (χ0) is 17.0. The number of esters is 1. The summed E-state index contributed by atoms with van der Waals surface area (Å²) in [6, 6.07) is 4.29. The maximum atomic E-state index is 12.7. The molecule has 23 heavy (non-hydrogen) atoms. The summed E-state index contributed by atoms with van der Waals surface area (Å²) < 4.78 is 31.2. The van der Waals surface area contributed by atoms with Gasteiger partial charge in [-0.05, 0) is 50.5 Å².